The van der Waals surface area contributed by atoms with Crippen LogP contribution in [0, 0.1) is 0 Å². The van der Waals surface area contributed by atoms with Gasteiger partial charge in [-0.1, -0.05) is 32.8 Å². The molecule has 124 valence electrons. The lowest BCUT2D eigenvalue weighted by Crippen LogP contribution is -2.05. The Morgan fingerprint density at radius 3 is 2.23 bits per heavy atom. The number of phosphoric acid groups is 1. The number of benzene rings is 1. The summed E-state index contributed by atoms with van der Waals surface area (Å²) in [4.78, 5) is 11.0. The molecule has 0 amide bonds. The van der Waals surface area contributed by atoms with E-state index in [1.54, 1.807) is 0 Å². The molecule has 0 saturated heterocycles. The maximum absolute atomic E-state index is 12.6. The van der Waals surface area contributed by atoms with E-state index in [4.69, 9.17) is 18.7 Å². The highest BCUT2D eigenvalue weighted by atomic mass is 31.2. The van der Waals surface area contributed by atoms with Crippen molar-refractivity contribution in [3.63, 3.8) is 0 Å². The number of aromatic carboxylic acids is 1. The van der Waals surface area contributed by atoms with E-state index in [0.29, 0.717) is 0 Å². The van der Waals surface area contributed by atoms with Crippen molar-refractivity contribution in [3.8, 4) is 5.75 Å². The van der Waals surface area contributed by atoms with Gasteiger partial charge in [-0.3, -0.25) is 9.05 Å². The third-order valence-electron chi connectivity index (χ3n) is 2.79. The Morgan fingerprint density at radius 2 is 1.73 bits per heavy atom. The van der Waals surface area contributed by atoms with E-state index in [1.165, 1.54) is 24.3 Å². The first-order valence-corrected chi connectivity index (χ1v) is 8.89. The summed E-state index contributed by atoms with van der Waals surface area (Å²) in [5.41, 5.74) is 0.0474. The minimum absolute atomic E-state index is 0.0474. The Kier molecular flexibility index (Phi) is 8.17. The molecule has 0 radical (unpaired) electrons. The molecule has 1 N–H and O–H groups in total. The molecule has 1 aromatic carbocycles. The summed E-state index contributed by atoms with van der Waals surface area (Å²) in [5.74, 6) is -0.935. The second kappa shape index (κ2) is 9.62. The largest absolute Gasteiger partial charge is 0.530 e. The highest BCUT2D eigenvalue weighted by Crippen LogP contribution is 2.49. The molecule has 0 aliphatic heterocycles. The summed E-state index contributed by atoms with van der Waals surface area (Å²) >= 11 is 0. The van der Waals surface area contributed by atoms with Crippen LogP contribution in [0.3, 0.4) is 0 Å². The zero-order valence-electron chi connectivity index (χ0n) is 13.0. The van der Waals surface area contributed by atoms with Gasteiger partial charge in [0.15, 0.2) is 0 Å². The smallest absolute Gasteiger partial charge is 0.478 e. The Labute approximate surface area is 131 Å². The molecule has 6 nitrogen and oxygen atoms in total. The quantitative estimate of drug-likeness (QED) is 0.475. The van der Waals surface area contributed by atoms with Crippen LogP contribution in [0.1, 0.15) is 49.9 Å². The van der Waals surface area contributed by atoms with Crippen LogP contribution >= 0.6 is 7.82 Å². The first kappa shape index (κ1) is 18.7. The zero-order chi connectivity index (χ0) is 16.4. The van der Waals surface area contributed by atoms with Crippen LogP contribution in [0.2, 0.25) is 0 Å². The van der Waals surface area contributed by atoms with Crippen LogP contribution in [0.25, 0.3) is 0 Å². The molecule has 0 aliphatic carbocycles. The second-order valence-corrected chi connectivity index (χ2v) is 6.34. The summed E-state index contributed by atoms with van der Waals surface area (Å²) in [6.07, 6.45) is 3.26. The highest BCUT2D eigenvalue weighted by molar-refractivity contribution is 7.48. The van der Waals surface area contributed by atoms with E-state index >= 15 is 0 Å². The fraction of sp³-hybridized carbons (Fsp3) is 0.533. The van der Waals surface area contributed by atoms with Gasteiger partial charge in [-0.15, -0.1) is 0 Å². The summed E-state index contributed by atoms with van der Waals surface area (Å²) in [7, 11) is -3.74. The Morgan fingerprint density at radius 1 is 1.14 bits per heavy atom. The van der Waals surface area contributed by atoms with Crippen LogP contribution in [0.15, 0.2) is 24.3 Å². The number of unbranched alkanes of at least 4 members (excludes halogenated alkanes) is 2. The summed E-state index contributed by atoms with van der Waals surface area (Å²) < 4.78 is 28.5. The molecule has 0 heterocycles. The molecule has 1 rings (SSSR count). The fourth-order valence-corrected chi connectivity index (χ4v) is 2.80. The normalized spacial score (nSPS) is 11.4. The van der Waals surface area contributed by atoms with Crippen molar-refractivity contribution in [1.29, 1.82) is 0 Å². The van der Waals surface area contributed by atoms with Gasteiger partial charge in [-0.05, 0) is 31.0 Å². The van der Waals surface area contributed by atoms with Crippen molar-refractivity contribution in [1.82, 2.24) is 0 Å². The van der Waals surface area contributed by atoms with Gasteiger partial charge in [0.25, 0.3) is 0 Å². The fourth-order valence-electron chi connectivity index (χ4n) is 1.55. The molecule has 0 aliphatic rings. The van der Waals surface area contributed by atoms with Crippen molar-refractivity contribution >= 4 is 13.8 Å². The number of rotatable bonds is 11. The van der Waals surface area contributed by atoms with Gasteiger partial charge in [0.2, 0.25) is 0 Å². The molecular weight excluding hydrogens is 307 g/mol. The van der Waals surface area contributed by atoms with E-state index in [0.717, 1.165) is 25.7 Å². The van der Waals surface area contributed by atoms with Crippen LogP contribution in [0.4, 0.5) is 0 Å². The van der Waals surface area contributed by atoms with Crippen LogP contribution in [-0.4, -0.2) is 24.3 Å². The van der Waals surface area contributed by atoms with Gasteiger partial charge >= 0.3 is 13.8 Å². The SMILES string of the molecule is CCCCOP(=O)(OCCCC)Oc1cccc(C(=O)O)c1. The first-order valence-electron chi connectivity index (χ1n) is 7.43. The number of hydrogen-bond donors (Lipinski definition) is 1. The van der Waals surface area contributed by atoms with Crippen molar-refractivity contribution in [2.45, 2.75) is 39.5 Å². The third-order valence-corrected chi connectivity index (χ3v) is 4.22. The molecule has 0 unspecified atom stereocenters. The molecule has 1 aromatic rings. The minimum Gasteiger partial charge on any atom is -0.478 e. The van der Waals surface area contributed by atoms with Crippen molar-refractivity contribution in [2.24, 2.45) is 0 Å². The number of carboxylic acids is 1. The van der Waals surface area contributed by atoms with Crippen LogP contribution in [0.5, 0.6) is 5.75 Å². The predicted molar refractivity (Wildman–Crippen MR) is 83.4 cm³/mol. The van der Waals surface area contributed by atoms with E-state index in [1.807, 2.05) is 13.8 Å². The predicted octanol–water partition coefficient (Wildman–Crippen LogP) is 4.51. The first-order chi connectivity index (χ1) is 10.5. The average molecular weight is 330 g/mol. The van der Waals surface area contributed by atoms with Gasteiger partial charge in [0, 0.05) is 0 Å². The Hall–Kier alpha value is -1.36. The lowest BCUT2D eigenvalue weighted by molar-refractivity contribution is 0.0696. The number of phosphoric ester groups is 1. The van der Waals surface area contributed by atoms with Gasteiger partial charge in [0.1, 0.15) is 5.75 Å². The highest BCUT2D eigenvalue weighted by Gasteiger charge is 2.28. The van der Waals surface area contributed by atoms with Crippen LogP contribution < -0.4 is 4.52 Å². The zero-order valence-corrected chi connectivity index (χ0v) is 13.9. The average Bonchev–Trinajstić information content (AvgIpc) is 2.48. The number of carboxylic acid groups (broad SMARTS) is 1. The van der Waals surface area contributed by atoms with Gasteiger partial charge in [-0.2, -0.15) is 0 Å². The summed E-state index contributed by atoms with van der Waals surface area (Å²) in [6, 6.07) is 5.75. The molecule has 0 spiro atoms. The lowest BCUT2D eigenvalue weighted by Gasteiger charge is -2.18. The Balaban J connectivity index is 2.79. The maximum atomic E-state index is 12.6. The van der Waals surface area contributed by atoms with E-state index in [9.17, 15) is 9.36 Å². The topological polar surface area (TPSA) is 82.1 Å². The van der Waals surface area contributed by atoms with Crippen molar-refractivity contribution < 1.29 is 28.0 Å². The summed E-state index contributed by atoms with van der Waals surface area (Å²) in [5, 5.41) is 8.97. The molecular formula is C15H23O6P. The van der Waals surface area contributed by atoms with E-state index < -0.39 is 13.8 Å². The molecule has 22 heavy (non-hydrogen) atoms. The molecule has 7 heteroatoms. The monoisotopic (exact) mass is 330 g/mol. The molecule has 0 saturated carbocycles. The molecule has 0 atom stereocenters. The van der Waals surface area contributed by atoms with Gasteiger partial charge in [-0.25, -0.2) is 9.36 Å². The van der Waals surface area contributed by atoms with Gasteiger partial charge in [0.05, 0.1) is 18.8 Å². The van der Waals surface area contributed by atoms with Crippen molar-refractivity contribution in [2.75, 3.05) is 13.2 Å². The lowest BCUT2D eigenvalue weighted by atomic mass is 10.2. The standard InChI is InChI=1S/C15H23O6P/c1-3-5-10-19-22(18,20-11-6-4-2)21-14-9-7-8-13(12-14)15(16)17/h7-9,12H,3-6,10-11H2,1-2H3,(H,16,17). The number of hydrogen-bond acceptors (Lipinski definition) is 5. The molecule has 0 aromatic heterocycles. The van der Waals surface area contributed by atoms with Crippen molar-refractivity contribution in [3.05, 3.63) is 29.8 Å². The minimum atomic E-state index is -3.74. The molecule has 0 bridgehead atoms. The third kappa shape index (κ3) is 6.60. The van der Waals surface area contributed by atoms with Gasteiger partial charge < -0.3 is 9.63 Å². The Bertz CT molecular complexity index is 503. The van der Waals surface area contributed by atoms with Crippen LogP contribution in [-0.2, 0) is 13.6 Å². The second-order valence-electron chi connectivity index (χ2n) is 4.75. The maximum Gasteiger partial charge on any atom is 0.530 e. The number of carbonyl (C=O) groups is 1. The van der Waals surface area contributed by atoms with E-state index in [2.05, 4.69) is 0 Å². The van der Waals surface area contributed by atoms with E-state index in [-0.39, 0.29) is 24.5 Å². The molecule has 0 fully saturated rings. The summed E-state index contributed by atoms with van der Waals surface area (Å²) in [6.45, 7) is 4.50.